The van der Waals surface area contributed by atoms with Gasteiger partial charge in [-0.15, -0.1) is 0 Å². The largest absolute Gasteiger partial charge is 0.416 e. The van der Waals surface area contributed by atoms with Crippen molar-refractivity contribution in [2.45, 2.75) is 114 Å². The Labute approximate surface area is 419 Å². The van der Waals surface area contributed by atoms with Crippen LogP contribution in [0.1, 0.15) is 67.2 Å². The van der Waals surface area contributed by atoms with Gasteiger partial charge in [0.15, 0.2) is 19.7 Å². The molecule has 0 bridgehead atoms. The van der Waals surface area contributed by atoms with E-state index in [2.05, 4.69) is 29.1 Å². The molecule has 7 rings (SSSR count). The van der Waals surface area contributed by atoms with E-state index in [-0.39, 0.29) is 57.3 Å². The van der Waals surface area contributed by atoms with Gasteiger partial charge in [-0.1, -0.05) is 19.6 Å². The fourth-order valence-corrected chi connectivity index (χ4v) is 17.5. The summed E-state index contributed by atoms with van der Waals surface area (Å²) in [7, 11) is -17.9. The SMILES string of the molecule is C[Si](C)(C)CCOC[C@@H]1C[C@](c2cc(F)ccc2F)(S(=O)(=O)c2ccc(C(F)(F)F)cc2)CC[C@@H]1NS(C)(=O)=O.O=S1(=O)CC[C@@H]2C[C@](c3cc(F)ccc3F)(S(=O)(=O)c3ccc(C(F)(F)F)cc3)CC[C@@H]2N1. The van der Waals surface area contributed by atoms with Crippen LogP contribution < -0.4 is 9.44 Å². The van der Waals surface area contributed by atoms with E-state index in [0.717, 1.165) is 73.0 Å². The molecule has 0 amide bonds. The molecule has 2 N–H and O–H groups in total. The van der Waals surface area contributed by atoms with E-state index >= 15 is 4.39 Å². The normalized spacial score (nSPS) is 25.0. The molecule has 2 saturated carbocycles. The van der Waals surface area contributed by atoms with E-state index in [0.29, 0.717) is 30.9 Å². The van der Waals surface area contributed by atoms with E-state index < -0.39 is 149 Å². The number of sulfonamides is 2. The molecule has 0 aromatic heterocycles. The number of alkyl halides is 6. The van der Waals surface area contributed by atoms with Gasteiger partial charge >= 0.3 is 12.4 Å². The highest BCUT2D eigenvalue weighted by molar-refractivity contribution is 7.92. The van der Waals surface area contributed by atoms with Crippen LogP contribution >= 0.6 is 0 Å². The topological polar surface area (TPSA) is 170 Å². The number of ether oxygens (including phenoxy) is 1. The van der Waals surface area contributed by atoms with E-state index in [1.54, 1.807) is 0 Å². The number of sulfone groups is 2. The summed E-state index contributed by atoms with van der Waals surface area (Å²) in [6, 6.07) is 10.1. The molecule has 2 aliphatic carbocycles. The van der Waals surface area contributed by atoms with Crippen LogP contribution in [0.15, 0.2) is 94.7 Å². The van der Waals surface area contributed by atoms with Crippen LogP contribution in [0.3, 0.4) is 0 Å². The van der Waals surface area contributed by atoms with E-state index in [9.17, 15) is 73.2 Å². The third-order valence-electron chi connectivity index (χ3n) is 13.7. The van der Waals surface area contributed by atoms with Crippen molar-refractivity contribution >= 4 is 47.8 Å². The Hall–Kier alpha value is -3.92. The van der Waals surface area contributed by atoms with Crippen LogP contribution in [0.2, 0.25) is 25.7 Å². The predicted molar refractivity (Wildman–Crippen MR) is 254 cm³/mol. The van der Waals surface area contributed by atoms with Crippen molar-refractivity contribution in [1.29, 1.82) is 0 Å². The monoisotopic (exact) mass is 1140 g/mol. The van der Waals surface area contributed by atoms with Gasteiger partial charge in [-0.05, 0) is 142 Å². The van der Waals surface area contributed by atoms with Gasteiger partial charge < -0.3 is 4.74 Å². The first kappa shape index (κ1) is 58.3. The summed E-state index contributed by atoms with van der Waals surface area (Å²) in [5, 5.41) is 0. The first-order chi connectivity index (χ1) is 33.5. The first-order valence-corrected chi connectivity index (χ1v) is 33.0. The molecule has 3 aliphatic rings. The van der Waals surface area contributed by atoms with Crippen molar-refractivity contribution in [3.05, 3.63) is 130 Å². The molecule has 26 heteroatoms. The van der Waals surface area contributed by atoms with Crippen LogP contribution in [0.4, 0.5) is 43.9 Å². The highest BCUT2D eigenvalue weighted by Crippen LogP contribution is 2.53. The van der Waals surface area contributed by atoms with Crippen molar-refractivity contribution in [2.24, 2.45) is 11.8 Å². The summed E-state index contributed by atoms with van der Waals surface area (Å²) in [5.74, 6) is -5.19. The Kier molecular flexibility index (Phi) is 17.0. The lowest BCUT2D eigenvalue weighted by atomic mass is 9.73. The zero-order chi connectivity index (χ0) is 54.4. The van der Waals surface area contributed by atoms with Gasteiger partial charge in [0.05, 0.1) is 39.5 Å². The summed E-state index contributed by atoms with van der Waals surface area (Å²) in [5.41, 5.74) is -2.98. The Morgan fingerprint density at radius 3 is 1.56 bits per heavy atom. The third-order valence-corrected chi connectivity index (χ3v) is 22.6. The van der Waals surface area contributed by atoms with Crippen molar-refractivity contribution in [3.63, 3.8) is 0 Å². The fourth-order valence-electron chi connectivity index (χ4n) is 9.91. The summed E-state index contributed by atoms with van der Waals surface area (Å²) < 4.78 is 248. The summed E-state index contributed by atoms with van der Waals surface area (Å²) in [6.07, 6.45) is -9.42. The standard InChI is InChI=1S/C26H34F5NO5S2Si.C21H20F5NO4S2/c1-38(33,34)32-24-11-12-25(22-15-20(27)7-10-23(22)28,16-18(24)17-37-13-14-40(2,3)4)39(35,36)21-8-5-19(6-9-21)26(29,30)31;22-15-3-6-18(23)17(11-15)20(9-7-19-13(12-20)8-10-32(28,29)27-19)33(30,31)16-4-1-14(2-5-16)21(24,25)26/h5-10,15,18,24,32H,11-14,16-17H2,1-4H3;1-6,11,13,19,27H,7-10,12H2/t18-,24-,25+;13-,19+,20-/m01/s1. The van der Waals surface area contributed by atoms with Gasteiger partial charge in [-0.2, -0.15) is 26.3 Å². The average Bonchev–Trinajstić information content (AvgIpc) is 3.28. The van der Waals surface area contributed by atoms with Gasteiger partial charge in [0, 0.05) is 43.8 Å². The number of fused-ring (bicyclic) bond motifs is 1. The molecule has 1 heterocycles. The Bertz CT molecular complexity index is 3110. The van der Waals surface area contributed by atoms with E-state index in [1.165, 1.54) is 0 Å². The minimum atomic E-state index is -4.71. The van der Waals surface area contributed by atoms with Crippen molar-refractivity contribution in [1.82, 2.24) is 9.44 Å². The van der Waals surface area contributed by atoms with Crippen LogP contribution in [0.5, 0.6) is 0 Å². The summed E-state index contributed by atoms with van der Waals surface area (Å²) >= 11 is 0. The molecule has 4 aromatic rings. The predicted octanol–water partition coefficient (Wildman–Crippen LogP) is 9.87. The molecular weight excluding hydrogens is 1080 g/mol. The van der Waals surface area contributed by atoms with Gasteiger partial charge in [-0.3, -0.25) is 0 Å². The Morgan fingerprint density at radius 2 is 1.12 bits per heavy atom. The summed E-state index contributed by atoms with van der Waals surface area (Å²) in [6.45, 7) is 6.71. The lowest BCUT2D eigenvalue weighted by Gasteiger charge is -2.46. The smallest absolute Gasteiger partial charge is 0.381 e. The molecule has 3 fully saturated rings. The van der Waals surface area contributed by atoms with Gasteiger partial charge in [-0.25, -0.2) is 60.7 Å². The molecule has 6 atom stereocenters. The second-order valence-electron chi connectivity index (χ2n) is 20.0. The minimum absolute atomic E-state index is 0.0414. The van der Waals surface area contributed by atoms with Gasteiger partial charge in [0.25, 0.3) is 0 Å². The Balaban J connectivity index is 0.000000242. The van der Waals surface area contributed by atoms with Crippen LogP contribution in [-0.4, -0.2) is 79.1 Å². The van der Waals surface area contributed by atoms with E-state index in [4.69, 9.17) is 4.74 Å². The molecule has 73 heavy (non-hydrogen) atoms. The zero-order valence-electron chi connectivity index (χ0n) is 39.8. The van der Waals surface area contributed by atoms with Gasteiger partial charge in [0.1, 0.15) is 32.8 Å². The number of hydrogen-bond donors (Lipinski definition) is 2. The maximum Gasteiger partial charge on any atom is 0.416 e. The maximum absolute atomic E-state index is 15.3. The lowest BCUT2D eigenvalue weighted by molar-refractivity contribution is -0.138. The summed E-state index contributed by atoms with van der Waals surface area (Å²) in [4.78, 5) is -0.939. The highest BCUT2D eigenvalue weighted by Gasteiger charge is 2.56. The number of benzene rings is 4. The van der Waals surface area contributed by atoms with Crippen molar-refractivity contribution in [3.8, 4) is 0 Å². The van der Waals surface area contributed by atoms with Crippen molar-refractivity contribution in [2.75, 3.05) is 25.2 Å². The quantitative estimate of drug-likeness (QED) is 0.0752. The highest BCUT2D eigenvalue weighted by atomic mass is 32.2. The fraction of sp³-hybridized carbons (Fsp3) is 0.489. The molecule has 11 nitrogen and oxygen atoms in total. The molecule has 1 aliphatic heterocycles. The molecule has 4 aromatic carbocycles. The van der Waals surface area contributed by atoms with Crippen LogP contribution in [-0.2, 0) is 66.3 Å². The second kappa shape index (κ2) is 21.2. The molecule has 404 valence electrons. The van der Waals surface area contributed by atoms with Gasteiger partial charge in [0.2, 0.25) is 20.0 Å². The number of halogens is 10. The molecule has 1 saturated heterocycles. The Morgan fingerprint density at radius 1 is 0.671 bits per heavy atom. The molecule has 0 radical (unpaired) electrons. The number of rotatable bonds is 13. The van der Waals surface area contributed by atoms with Crippen LogP contribution in [0.25, 0.3) is 0 Å². The number of hydrogen-bond acceptors (Lipinski definition) is 9. The molecule has 0 spiro atoms. The first-order valence-electron chi connectivity index (χ1n) is 22.8. The van der Waals surface area contributed by atoms with Crippen molar-refractivity contribution < 1.29 is 82.3 Å². The molecule has 0 unspecified atom stereocenters. The minimum Gasteiger partial charge on any atom is -0.381 e. The zero-order valence-corrected chi connectivity index (χ0v) is 44.0. The number of nitrogens with one attached hydrogen (secondary N) is 2. The average molecular weight is 1140 g/mol. The van der Waals surface area contributed by atoms with Crippen LogP contribution in [0, 0.1) is 35.1 Å². The third kappa shape index (κ3) is 13.2. The second-order valence-corrected chi connectivity index (χ2v) is 33.8. The molecular formula is C47H54F10N2O9S4Si. The lowest BCUT2D eigenvalue weighted by Crippen LogP contribution is -2.54. The van der Waals surface area contributed by atoms with E-state index in [1.807, 2.05) is 0 Å². The maximum atomic E-state index is 15.3.